The lowest BCUT2D eigenvalue weighted by molar-refractivity contribution is -0.116. The zero-order valence-electron chi connectivity index (χ0n) is 12.7. The van der Waals surface area contributed by atoms with E-state index in [0.29, 0.717) is 11.3 Å². The lowest BCUT2D eigenvalue weighted by atomic mass is 10.1. The number of nitrogens with two attached hydrogens (primary N) is 1. The number of fused-ring (bicyclic) bond motifs is 1. The van der Waals surface area contributed by atoms with Crippen molar-refractivity contribution in [3.05, 3.63) is 65.9 Å². The van der Waals surface area contributed by atoms with Crippen molar-refractivity contribution in [1.82, 2.24) is 4.57 Å². The highest BCUT2D eigenvalue weighted by Gasteiger charge is 2.13. The van der Waals surface area contributed by atoms with Crippen LogP contribution in [0.25, 0.3) is 10.9 Å². The standard InChI is InChI=1S/C18H15N3O3/c19-18(24)14-6-1-3-7-15(14)20-17(23)10-21-9-12(11-22)13-5-2-4-8-16(13)21/h1-9,11H,10H2,(H2,19,24)(H,20,23). The summed E-state index contributed by atoms with van der Waals surface area (Å²) in [5.74, 6) is -0.928. The highest BCUT2D eigenvalue weighted by atomic mass is 16.2. The molecule has 0 saturated heterocycles. The maximum atomic E-state index is 12.3. The largest absolute Gasteiger partial charge is 0.366 e. The van der Waals surface area contributed by atoms with E-state index in [1.54, 1.807) is 35.0 Å². The molecule has 3 rings (SSSR count). The van der Waals surface area contributed by atoms with Crippen molar-refractivity contribution in [3.8, 4) is 0 Å². The molecule has 0 fully saturated rings. The number of rotatable bonds is 5. The molecule has 6 nitrogen and oxygen atoms in total. The first-order valence-corrected chi connectivity index (χ1v) is 7.32. The van der Waals surface area contributed by atoms with Gasteiger partial charge >= 0.3 is 0 Å². The Bertz CT molecular complexity index is 944. The van der Waals surface area contributed by atoms with Gasteiger partial charge in [0.1, 0.15) is 6.54 Å². The minimum absolute atomic E-state index is 0.0153. The first-order valence-electron chi connectivity index (χ1n) is 7.32. The zero-order valence-corrected chi connectivity index (χ0v) is 12.7. The minimum Gasteiger partial charge on any atom is -0.366 e. The van der Waals surface area contributed by atoms with E-state index in [0.717, 1.165) is 17.2 Å². The summed E-state index contributed by atoms with van der Waals surface area (Å²) in [6.45, 7) is 0.0153. The topological polar surface area (TPSA) is 94.2 Å². The number of amides is 2. The van der Waals surface area contributed by atoms with E-state index in [1.807, 2.05) is 24.3 Å². The number of carbonyl (C=O) groups excluding carboxylic acids is 3. The molecular formula is C18H15N3O3. The number of aromatic nitrogens is 1. The molecule has 0 bridgehead atoms. The van der Waals surface area contributed by atoms with Gasteiger partial charge in [-0.3, -0.25) is 14.4 Å². The fourth-order valence-electron chi connectivity index (χ4n) is 2.65. The summed E-state index contributed by atoms with van der Waals surface area (Å²) >= 11 is 0. The Labute approximate surface area is 137 Å². The summed E-state index contributed by atoms with van der Waals surface area (Å²) < 4.78 is 1.70. The van der Waals surface area contributed by atoms with Crippen molar-refractivity contribution >= 4 is 34.7 Å². The molecular weight excluding hydrogens is 306 g/mol. The predicted octanol–water partition coefficient (Wildman–Crippen LogP) is 2.19. The molecule has 1 aromatic heterocycles. The lowest BCUT2D eigenvalue weighted by Gasteiger charge is -2.10. The van der Waals surface area contributed by atoms with Crippen LogP contribution in [0, 0.1) is 0 Å². The number of anilines is 1. The fourth-order valence-corrected chi connectivity index (χ4v) is 2.65. The number of nitrogens with zero attached hydrogens (tertiary/aromatic N) is 1. The van der Waals surface area contributed by atoms with Gasteiger partial charge in [-0.15, -0.1) is 0 Å². The Balaban J connectivity index is 1.86. The molecule has 6 heteroatoms. The summed E-state index contributed by atoms with van der Waals surface area (Å²) in [5, 5.41) is 3.47. The number of hydrogen-bond acceptors (Lipinski definition) is 3. The van der Waals surface area contributed by atoms with Gasteiger partial charge in [-0.25, -0.2) is 0 Å². The van der Waals surface area contributed by atoms with Crippen molar-refractivity contribution in [3.63, 3.8) is 0 Å². The van der Waals surface area contributed by atoms with Gasteiger partial charge in [0.15, 0.2) is 6.29 Å². The Morgan fingerprint density at radius 1 is 1.08 bits per heavy atom. The summed E-state index contributed by atoms with van der Waals surface area (Å²) in [7, 11) is 0. The van der Waals surface area contributed by atoms with Gasteiger partial charge in [0.2, 0.25) is 5.91 Å². The van der Waals surface area contributed by atoms with Crippen molar-refractivity contribution < 1.29 is 14.4 Å². The third-order valence-corrected chi connectivity index (χ3v) is 3.73. The van der Waals surface area contributed by atoms with Crippen LogP contribution in [0.2, 0.25) is 0 Å². The van der Waals surface area contributed by atoms with Crippen LogP contribution in [-0.4, -0.2) is 22.7 Å². The number of primary amides is 1. The maximum absolute atomic E-state index is 12.3. The average molecular weight is 321 g/mol. The third kappa shape index (κ3) is 2.89. The van der Waals surface area contributed by atoms with E-state index in [4.69, 9.17) is 5.73 Å². The van der Waals surface area contributed by atoms with Crippen molar-refractivity contribution in [2.24, 2.45) is 5.73 Å². The van der Waals surface area contributed by atoms with E-state index in [1.165, 1.54) is 0 Å². The Morgan fingerprint density at radius 2 is 1.79 bits per heavy atom. The minimum atomic E-state index is -0.611. The van der Waals surface area contributed by atoms with Crippen LogP contribution in [0.1, 0.15) is 20.7 Å². The van der Waals surface area contributed by atoms with Crippen molar-refractivity contribution in [1.29, 1.82) is 0 Å². The highest BCUT2D eigenvalue weighted by Crippen LogP contribution is 2.20. The van der Waals surface area contributed by atoms with Gasteiger partial charge < -0.3 is 15.6 Å². The zero-order chi connectivity index (χ0) is 17.1. The molecule has 0 atom stereocenters. The second-order valence-corrected chi connectivity index (χ2v) is 5.31. The Kier molecular flexibility index (Phi) is 4.11. The summed E-state index contributed by atoms with van der Waals surface area (Å²) in [6.07, 6.45) is 2.40. The molecule has 3 aromatic rings. The van der Waals surface area contributed by atoms with Gasteiger partial charge in [0.25, 0.3) is 5.91 Å². The third-order valence-electron chi connectivity index (χ3n) is 3.73. The average Bonchev–Trinajstić information content (AvgIpc) is 2.93. The second kappa shape index (κ2) is 6.37. The van der Waals surface area contributed by atoms with Gasteiger partial charge in [-0.2, -0.15) is 0 Å². The number of nitrogens with one attached hydrogen (secondary N) is 1. The molecule has 1 heterocycles. The van der Waals surface area contributed by atoms with Crippen LogP contribution in [-0.2, 0) is 11.3 Å². The van der Waals surface area contributed by atoms with Crippen LogP contribution in [0.4, 0.5) is 5.69 Å². The molecule has 120 valence electrons. The summed E-state index contributed by atoms with van der Waals surface area (Å²) in [6, 6.07) is 13.9. The SMILES string of the molecule is NC(=O)c1ccccc1NC(=O)Cn1cc(C=O)c2ccccc21. The first kappa shape index (κ1) is 15.5. The predicted molar refractivity (Wildman–Crippen MR) is 90.9 cm³/mol. The molecule has 0 aliphatic heterocycles. The molecule has 0 radical (unpaired) electrons. The molecule has 0 saturated carbocycles. The van der Waals surface area contributed by atoms with Crippen LogP contribution in [0.5, 0.6) is 0 Å². The molecule has 2 aromatic carbocycles. The number of carbonyl (C=O) groups is 3. The molecule has 0 spiro atoms. The Hall–Kier alpha value is -3.41. The normalized spacial score (nSPS) is 10.5. The van der Waals surface area contributed by atoms with Crippen molar-refractivity contribution in [2.45, 2.75) is 6.54 Å². The smallest absolute Gasteiger partial charge is 0.250 e. The van der Waals surface area contributed by atoms with E-state index in [9.17, 15) is 14.4 Å². The number of hydrogen-bond donors (Lipinski definition) is 2. The summed E-state index contributed by atoms with van der Waals surface area (Å²) in [4.78, 5) is 34.9. The quantitative estimate of drug-likeness (QED) is 0.705. The van der Waals surface area contributed by atoms with E-state index < -0.39 is 5.91 Å². The molecule has 2 amide bonds. The molecule has 0 aliphatic rings. The monoisotopic (exact) mass is 321 g/mol. The Morgan fingerprint density at radius 3 is 2.54 bits per heavy atom. The van der Waals surface area contributed by atoms with E-state index >= 15 is 0 Å². The summed E-state index contributed by atoms with van der Waals surface area (Å²) in [5.41, 5.74) is 7.23. The van der Waals surface area contributed by atoms with Gasteiger partial charge in [-0.1, -0.05) is 30.3 Å². The van der Waals surface area contributed by atoms with Gasteiger partial charge in [0, 0.05) is 22.7 Å². The van der Waals surface area contributed by atoms with Crippen LogP contribution >= 0.6 is 0 Å². The van der Waals surface area contributed by atoms with Gasteiger partial charge in [0.05, 0.1) is 11.3 Å². The molecule has 24 heavy (non-hydrogen) atoms. The van der Waals surface area contributed by atoms with Crippen LogP contribution < -0.4 is 11.1 Å². The number of aldehydes is 1. The molecule has 3 N–H and O–H groups in total. The van der Waals surface area contributed by atoms with Crippen LogP contribution in [0.3, 0.4) is 0 Å². The highest BCUT2D eigenvalue weighted by molar-refractivity contribution is 6.03. The lowest BCUT2D eigenvalue weighted by Crippen LogP contribution is -2.21. The van der Waals surface area contributed by atoms with Crippen molar-refractivity contribution in [2.75, 3.05) is 5.32 Å². The molecule has 0 aliphatic carbocycles. The first-order chi connectivity index (χ1) is 11.6. The van der Waals surface area contributed by atoms with Gasteiger partial charge in [-0.05, 0) is 18.2 Å². The number of benzene rings is 2. The van der Waals surface area contributed by atoms with Crippen LogP contribution in [0.15, 0.2) is 54.7 Å². The maximum Gasteiger partial charge on any atom is 0.250 e. The second-order valence-electron chi connectivity index (χ2n) is 5.31. The van der Waals surface area contributed by atoms with E-state index in [2.05, 4.69) is 5.32 Å². The van der Waals surface area contributed by atoms with E-state index in [-0.39, 0.29) is 18.0 Å². The number of para-hydroxylation sites is 2. The molecule has 0 unspecified atom stereocenters. The fraction of sp³-hybridized carbons (Fsp3) is 0.0556.